The Balaban J connectivity index is 1.99. The number of fused-ring (bicyclic) bond motifs is 1. The molecule has 0 N–H and O–H groups in total. The van der Waals surface area contributed by atoms with Gasteiger partial charge in [0, 0.05) is 25.9 Å². The molecule has 2 aromatic rings. The molecule has 2 heterocycles. The summed E-state index contributed by atoms with van der Waals surface area (Å²) in [5.74, 6) is 2.68. The molecule has 0 unspecified atom stereocenters. The zero-order valence-electron chi connectivity index (χ0n) is 12.4. The molecule has 1 aliphatic rings. The Hall–Kier alpha value is -1.03. The Labute approximate surface area is 125 Å². The van der Waals surface area contributed by atoms with Crippen LogP contribution in [0.1, 0.15) is 44.1 Å². The summed E-state index contributed by atoms with van der Waals surface area (Å²) in [7, 11) is 2.03. The van der Waals surface area contributed by atoms with Gasteiger partial charge in [0.1, 0.15) is 11.3 Å². The number of halogens is 1. The van der Waals surface area contributed by atoms with Gasteiger partial charge in [0.25, 0.3) is 0 Å². The summed E-state index contributed by atoms with van der Waals surface area (Å²) < 4.78 is 4.35. The van der Waals surface area contributed by atoms with Gasteiger partial charge in [-0.15, -0.1) is 11.6 Å². The molecule has 0 amide bonds. The summed E-state index contributed by atoms with van der Waals surface area (Å²) in [5, 5.41) is 4.64. The predicted molar refractivity (Wildman–Crippen MR) is 82.3 cm³/mol. The number of rotatable bonds is 7. The third kappa shape index (κ3) is 2.58. The molecule has 0 radical (unpaired) electrons. The van der Waals surface area contributed by atoms with Crippen LogP contribution in [0.15, 0.2) is 0 Å². The number of imidazole rings is 1. The van der Waals surface area contributed by atoms with Crippen LogP contribution in [0.3, 0.4) is 0 Å². The second kappa shape index (κ2) is 5.76. The van der Waals surface area contributed by atoms with Crippen LogP contribution in [-0.4, -0.2) is 25.2 Å². The first-order valence-corrected chi connectivity index (χ1v) is 8.25. The predicted octanol–water partition coefficient (Wildman–Crippen LogP) is 3.30. The van der Waals surface area contributed by atoms with Crippen molar-refractivity contribution in [2.45, 2.75) is 52.0 Å². The molecule has 4 nitrogen and oxygen atoms in total. The van der Waals surface area contributed by atoms with Crippen LogP contribution in [0.25, 0.3) is 11.2 Å². The maximum atomic E-state index is 5.94. The molecule has 0 aliphatic heterocycles. The third-order valence-corrected chi connectivity index (χ3v) is 4.32. The summed E-state index contributed by atoms with van der Waals surface area (Å²) in [6.45, 7) is 3.24. The molecule has 0 atom stereocenters. The van der Waals surface area contributed by atoms with E-state index in [1.165, 1.54) is 24.9 Å². The van der Waals surface area contributed by atoms with Crippen LogP contribution in [0.4, 0.5) is 0 Å². The maximum Gasteiger partial charge on any atom is 0.158 e. The first-order valence-electron chi connectivity index (χ1n) is 7.71. The molecule has 2 aromatic heterocycles. The highest BCUT2D eigenvalue weighted by molar-refractivity contribution is 6.17. The molecular formula is C15H23ClN4. The first kappa shape index (κ1) is 13.9. The second-order valence-electron chi connectivity index (χ2n) is 5.84. The van der Waals surface area contributed by atoms with Crippen molar-refractivity contribution in [3.05, 3.63) is 11.5 Å². The summed E-state index contributed by atoms with van der Waals surface area (Å²) in [5.41, 5.74) is 3.39. The summed E-state index contributed by atoms with van der Waals surface area (Å²) in [6.07, 6.45) is 7.00. The fourth-order valence-electron chi connectivity index (χ4n) is 2.92. The Bertz CT molecular complexity index is 595. The Morgan fingerprint density at radius 3 is 2.75 bits per heavy atom. The second-order valence-corrected chi connectivity index (χ2v) is 6.22. The number of aromatic nitrogens is 4. The van der Waals surface area contributed by atoms with E-state index in [0.29, 0.717) is 5.88 Å². The first-order chi connectivity index (χ1) is 9.74. The Kier molecular flexibility index (Phi) is 4.01. The van der Waals surface area contributed by atoms with E-state index in [1.807, 2.05) is 11.7 Å². The SMILES string of the molecule is CCCc1nn(C)c2c1nc(CCCl)n2CCC1CC1. The Morgan fingerprint density at radius 1 is 1.30 bits per heavy atom. The zero-order chi connectivity index (χ0) is 14.1. The van der Waals surface area contributed by atoms with Gasteiger partial charge in [0.05, 0.1) is 5.69 Å². The van der Waals surface area contributed by atoms with Crippen LogP contribution in [0.2, 0.25) is 0 Å². The zero-order valence-corrected chi connectivity index (χ0v) is 13.2. The highest BCUT2D eigenvalue weighted by atomic mass is 35.5. The molecule has 5 heteroatoms. The molecule has 110 valence electrons. The number of aryl methyl sites for hydroxylation is 4. The molecule has 0 saturated heterocycles. The van der Waals surface area contributed by atoms with E-state index in [9.17, 15) is 0 Å². The summed E-state index contributed by atoms with van der Waals surface area (Å²) >= 11 is 5.94. The van der Waals surface area contributed by atoms with Crippen molar-refractivity contribution in [2.24, 2.45) is 13.0 Å². The summed E-state index contributed by atoms with van der Waals surface area (Å²) in [4.78, 5) is 4.84. The largest absolute Gasteiger partial charge is 0.313 e. The number of alkyl halides is 1. The smallest absolute Gasteiger partial charge is 0.158 e. The Morgan fingerprint density at radius 2 is 2.10 bits per heavy atom. The summed E-state index contributed by atoms with van der Waals surface area (Å²) in [6, 6.07) is 0. The minimum Gasteiger partial charge on any atom is -0.313 e. The normalized spacial score (nSPS) is 15.3. The maximum absolute atomic E-state index is 5.94. The molecule has 1 aliphatic carbocycles. The van der Waals surface area contributed by atoms with Gasteiger partial charge in [0.2, 0.25) is 0 Å². The fourth-order valence-corrected chi connectivity index (χ4v) is 3.09. The molecular weight excluding hydrogens is 272 g/mol. The number of hydrogen-bond acceptors (Lipinski definition) is 2. The average Bonchev–Trinajstić information content (AvgIpc) is 3.11. The lowest BCUT2D eigenvalue weighted by atomic mass is 10.2. The number of hydrogen-bond donors (Lipinski definition) is 0. The third-order valence-electron chi connectivity index (χ3n) is 4.13. The highest BCUT2D eigenvalue weighted by Gasteiger charge is 2.23. The van der Waals surface area contributed by atoms with Crippen LogP contribution in [0, 0.1) is 5.92 Å². The average molecular weight is 295 g/mol. The van der Waals surface area contributed by atoms with Crippen LogP contribution in [-0.2, 0) is 26.4 Å². The monoisotopic (exact) mass is 294 g/mol. The van der Waals surface area contributed by atoms with Gasteiger partial charge >= 0.3 is 0 Å². The van der Waals surface area contributed by atoms with E-state index in [4.69, 9.17) is 16.6 Å². The van der Waals surface area contributed by atoms with E-state index < -0.39 is 0 Å². The lowest BCUT2D eigenvalue weighted by Gasteiger charge is -2.08. The van der Waals surface area contributed by atoms with Gasteiger partial charge in [-0.3, -0.25) is 4.68 Å². The highest BCUT2D eigenvalue weighted by Crippen LogP contribution is 2.33. The van der Waals surface area contributed by atoms with Gasteiger partial charge in [0.15, 0.2) is 5.65 Å². The van der Waals surface area contributed by atoms with Crippen molar-refractivity contribution in [1.82, 2.24) is 19.3 Å². The van der Waals surface area contributed by atoms with Gasteiger partial charge in [-0.05, 0) is 18.8 Å². The molecule has 20 heavy (non-hydrogen) atoms. The van der Waals surface area contributed by atoms with E-state index >= 15 is 0 Å². The van der Waals surface area contributed by atoms with E-state index in [2.05, 4.69) is 16.6 Å². The lowest BCUT2D eigenvalue weighted by molar-refractivity contribution is 0.573. The van der Waals surface area contributed by atoms with Crippen molar-refractivity contribution in [3.8, 4) is 0 Å². The van der Waals surface area contributed by atoms with Crippen molar-refractivity contribution < 1.29 is 0 Å². The van der Waals surface area contributed by atoms with Gasteiger partial charge in [-0.2, -0.15) is 5.10 Å². The van der Waals surface area contributed by atoms with Crippen molar-refractivity contribution in [2.75, 3.05) is 5.88 Å². The van der Waals surface area contributed by atoms with E-state index in [0.717, 1.165) is 48.8 Å². The quantitative estimate of drug-likeness (QED) is 0.735. The van der Waals surface area contributed by atoms with Crippen LogP contribution >= 0.6 is 11.6 Å². The van der Waals surface area contributed by atoms with Gasteiger partial charge in [-0.25, -0.2) is 4.98 Å². The lowest BCUT2D eigenvalue weighted by Crippen LogP contribution is -2.09. The van der Waals surface area contributed by atoms with Crippen molar-refractivity contribution >= 4 is 22.8 Å². The molecule has 3 rings (SSSR count). The van der Waals surface area contributed by atoms with Crippen LogP contribution in [0.5, 0.6) is 0 Å². The molecule has 0 bridgehead atoms. The van der Waals surface area contributed by atoms with Crippen molar-refractivity contribution in [1.29, 1.82) is 0 Å². The minimum atomic E-state index is 0.628. The minimum absolute atomic E-state index is 0.628. The molecule has 0 aromatic carbocycles. The topological polar surface area (TPSA) is 35.6 Å². The van der Waals surface area contributed by atoms with Crippen LogP contribution < -0.4 is 0 Å². The van der Waals surface area contributed by atoms with E-state index in [1.54, 1.807) is 0 Å². The van der Waals surface area contributed by atoms with Crippen molar-refractivity contribution in [3.63, 3.8) is 0 Å². The molecule has 1 fully saturated rings. The van der Waals surface area contributed by atoms with E-state index in [-0.39, 0.29) is 0 Å². The fraction of sp³-hybridized carbons (Fsp3) is 0.733. The standard InChI is InChI=1S/C15H23ClN4/c1-3-4-12-14-15(19(2)18-12)20(10-8-11-5-6-11)13(17-14)7-9-16/h11H,3-10H2,1-2H3. The van der Waals surface area contributed by atoms with Gasteiger partial charge in [-0.1, -0.05) is 26.2 Å². The van der Waals surface area contributed by atoms with Gasteiger partial charge < -0.3 is 4.57 Å². The number of nitrogens with zero attached hydrogens (tertiary/aromatic N) is 4. The molecule has 1 saturated carbocycles. The molecule has 0 spiro atoms.